The molecule has 0 spiro atoms. The molecule has 114 valence electrons. The van der Waals surface area contributed by atoms with E-state index in [-0.39, 0.29) is 18.3 Å². The van der Waals surface area contributed by atoms with Crippen LogP contribution >= 0.6 is 0 Å². The number of amides is 1. The molecule has 4 heteroatoms. The molecule has 1 aromatic carbocycles. The van der Waals surface area contributed by atoms with Gasteiger partial charge in [-0.25, -0.2) is 0 Å². The van der Waals surface area contributed by atoms with Crippen LogP contribution in [0.25, 0.3) is 0 Å². The normalized spacial score (nSPS) is 18.4. The average molecular weight is 289 g/mol. The Labute approximate surface area is 126 Å². The fourth-order valence-electron chi connectivity index (χ4n) is 2.59. The molecule has 1 unspecified atom stereocenters. The Morgan fingerprint density at radius 2 is 2.00 bits per heavy atom. The summed E-state index contributed by atoms with van der Waals surface area (Å²) in [6, 6.07) is 6.98. The number of ether oxygens (including phenoxy) is 1. The van der Waals surface area contributed by atoms with Crippen molar-refractivity contribution in [3.8, 4) is 5.75 Å². The van der Waals surface area contributed by atoms with Crippen molar-refractivity contribution in [1.29, 1.82) is 0 Å². The number of likely N-dealkylation sites (tertiary alicyclic amines) is 1. The van der Waals surface area contributed by atoms with Crippen molar-refractivity contribution in [3.05, 3.63) is 29.8 Å². The molecular formula is C17H23NO3. The first kappa shape index (κ1) is 15.5. The van der Waals surface area contributed by atoms with E-state index in [0.29, 0.717) is 23.7 Å². The topological polar surface area (TPSA) is 46.6 Å². The first-order valence-electron chi connectivity index (χ1n) is 7.64. The molecular weight excluding hydrogens is 266 g/mol. The number of carbonyl (C=O) groups is 2. The fourth-order valence-corrected chi connectivity index (χ4v) is 2.59. The second-order valence-corrected chi connectivity index (χ2v) is 5.68. The third-order valence-electron chi connectivity index (χ3n) is 3.87. The molecule has 1 atom stereocenters. The van der Waals surface area contributed by atoms with Gasteiger partial charge >= 0.3 is 0 Å². The molecule has 1 aromatic rings. The highest BCUT2D eigenvalue weighted by Gasteiger charge is 2.21. The molecule has 4 nitrogen and oxygen atoms in total. The predicted molar refractivity (Wildman–Crippen MR) is 81.5 cm³/mol. The van der Waals surface area contributed by atoms with Crippen LogP contribution in [0.3, 0.4) is 0 Å². The van der Waals surface area contributed by atoms with Crippen LogP contribution in [-0.2, 0) is 4.79 Å². The molecule has 0 saturated carbocycles. The number of Topliss-reactive ketones (excluding diaryl/α,β-unsaturated/α-hetero) is 1. The van der Waals surface area contributed by atoms with Crippen LogP contribution in [0.2, 0.25) is 0 Å². The zero-order valence-electron chi connectivity index (χ0n) is 12.8. The predicted octanol–water partition coefficient (Wildman–Crippen LogP) is 2.92. The minimum absolute atomic E-state index is 0.0373. The Kier molecular flexibility index (Phi) is 5.37. The monoisotopic (exact) mass is 289 g/mol. The molecule has 0 aliphatic carbocycles. The van der Waals surface area contributed by atoms with Crippen molar-refractivity contribution in [2.24, 2.45) is 5.92 Å². The third-order valence-corrected chi connectivity index (χ3v) is 3.87. The smallest absolute Gasteiger partial charge is 0.260 e. The summed E-state index contributed by atoms with van der Waals surface area (Å²) in [5.41, 5.74) is 0.682. The Balaban J connectivity index is 1.85. The Bertz CT molecular complexity index is 495. The lowest BCUT2D eigenvalue weighted by atomic mass is 10.0. The molecule has 1 aliphatic heterocycles. The number of benzene rings is 1. The van der Waals surface area contributed by atoms with Crippen molar-refractivity contribution >= 4 is 11.7 Å². The molecule has 1 amide bonds. The molecule has 1 aliphatic rings. The summed E-state index contributed by atoms with van der Waals surface area (Å²) >= 11 is 0. The molecule has 0 aromatic heterocycles. The molecule has 0 N–H and O–H groups in total. The molecule has 1 heterocycles. The molecule has 1 fully saturated rings. The van der Waals surface area contributed by atoms with Crippen LogP contribution in [0, 0.1) is 5.92 Å². The lowest BCUT2D eigenvalue weighted by molar-refractivity contribution is -0.135. The van der Waals surface area contributed by atoms with Crippen molar-refractivity contribution < 1.29 is 14.3 Å². The van der Waals surface area contributed by atoms with Crippen LogP contribution in [-0.4, -0.2) is 36.3 Å². The van der Waals surface area contributed by atoms with Crippen LogP contribution in [0.15, 0.2) is 24.3 Å². The van der Waals surface area contributed by atoms with Gasteiger partial charge in [0.05, 0.1) is 0 Å². The minimum Gasteiger partial charge on any atom is -0.484 e. The second-order valence-electron chi connectivity index (χ2n) is 5.68. The lowest BCUT2D eigenvalue weighted by Gasteiger charge is -2.30. The van der Waals surface area contributed by atoms with E-state index in [4.69, 9.17) is 4.74 Å². The van der Waals surface area contributed by atoms with Gasteiger partial charge in [0.1, 0.15) is 5.75 Å². The van der Waals surface area contributed by atoms with Crippen molar-refractivity contribution in [1.82, 2.24) is 4.90 Å². The number of piperidine rings is 1. The van der Waals surface area contributed by atoms with Crippen LogP contribution in [0.1, 0.15) is 43.5 Å². The highest BCUT2D eigenvalue weighted by Crippen LogP contribution is 2.17. The van der Waals surface area contributed by atoms with Crippen molar-refractivity contribution in [3.63, 3.8) is 0 Å². The lowest BCUT2D eigenvalue weighted by Crippen LogP contribution is -2.41. The minimum atomic E-state index is 0.0373. The second kappa shape index (κ2) is 7.25. The van der Waals surface area contributed by atoms with Gasteiger partial charge in [0.25, 0.3) is 5.91 Å². The van der Waals surface area contributed by atoms with Gasteiger partial charge in [-0.3, -0.25) is 9.59 Å². The molecule has 0 bridgehead atoms. The molecule has 1 saturated heterocycles. The third kappa shape index (κ3) is 4.31. The molecule has 0 radical (unpaired) electrons. The summed E-state index contributed by atoms with van der Waals surface area (Å²) in [4.78, 5) is 25.5. The number of nitrogens with zero attached hydrogens (tertiary/aromatic N) is 1. The fraction of sp³-hybridized carbons (Fsp3) is 0.529. The quantitative estimate of drug-likeness (QED) is 0.783. The van der Waals surface area contributed by atoms with E-state index in [1.807, 2.05) is 11.8 Å². The summed E-state index contributed by atoms with van der Waals surface area (Å²) < 4.78 is 5.52. The first-order chi connectivity index (χ1) is 10.1. The van der Waals surface area contributed by atoms with Gasteiger partial charge in [-0.05, 0) is 43.0 Å². The van der Waals surface area contributed by atoms with Crippen LogP contribution in [0.5, 0.6) is 5.75 Å². The Hall–Kier alpha value is -1.84. The zero-order valence-corrected chi connectivity index (χ0v) is 12.8. The largest absolute Gasteiger partial charge is 0.484 e. The van der Waals surface area contributed by atoms with E-state index in [0.717, 1.165) is 19.5 Å². The standard InChI is InChI=1S/C17H23NO3/c1-3-16(19)14-6-8-15(9-7-14)21-12-17(20)18-10-4-5-13(2)11-18/h6-9,13H,3-5,10-12H2,1-2H3. The van der Waals surface area contributed by atoms with Gasteiger partial charge < -0.3 is 9.64 Å². The zero-order chi connectivity index (χ0) is 15.2. The summed E-state index contributed by atoms with van der Waals surface area (Å²) in [5.74, 6) is 1.35. The average Bonchev–Trinajstić information content (AvgIpc) is 2.52. The van der Waals surface area contributed by atoms with Crippen molar-refractivity contribution in [2.75, 3.05) is 19.7 Å². The van der Waals surface area contributed by atoms with E-state index < -0.39 is 0 Å². The molecule has 2 rings (SSSR count). The maximum Gasteiger partial charge on any atom is 0.260 e. The Morgan fingerprint density at radius 1 is 1.29 bits per heavy atom. The SMILES string of the molecule is CCC(=O)c1ccc(OCC(=O)N2CCCC(C)C2)cc1. The van der Waals surface area contributed by atoms with E-state index in [9.17, 15) is 9.59 Å². The van der Waals surface area contributed by atoms with E-state index in [1.165, 1.54) is 6.42 Å². The van der Waals surface area contributed by atoms with Gasteiger partial charge in [0, 0.05) is 25.1 Å². The van der Waals surface area contributed by atoms with E-state index in [2.05, 4.69) is 6.92 Å². The summed E-state index contributed by atoms with van der Waals surface area (Å²) in [7, 11) is 0. The van der Waals surface area contributed by atoms with Gasteiger partial charge in [-0.15, -0.1) is 0 Å². The summed E-state index contributed by atoms with van der Waals surface area (Å²) in [6.45, 7) is 5.73. The van der Waals surface area contributed by atoms with Gasteiger partial charge in [-0.2, -0.15) is 0 Å². The van der Waals surface area contributed by atoms with Crippen LogP contribution < -0.4 is 4.74 Å². The summed E-state index contributed by atoms with van der Waals surface area (Å²) in [6.07, 6.45) is 2.75. The molecule has 21 heavy (non-hydrogen) atoms. The number of carbonyl (C=O) groups excluding carboxylic acids is 2. The first-order valence-corrected chi connectivity index (χ1v) is 7.64. The summed E-state index contributed by atoms with van der Waals surface area (Å²) in [5, 5.41) is 0. The number of rotatable bonds is 5. The Morgan fingerprint density at radius 3 is 2.62 bits per heavy atom. The van der Waals surface area contributed by atoms with Gasteiger partial charge in [0.15, 0.2) is 12.4 Å². The number of hydrogen-bond acceptors (Lipinski definition) is 3. The van der Waals surface area contributed by atoms with Crippen LogP contribution in [0.4, 0.5) is 0 Å². The highest BCUT2D eigenvalue weighted by molar-refractivity contribution is 5.95. The number of ketones is 1. The van der Waals surface area contributed by atoms with E-state index >= 15 is 0 Å². The maximum absolute atomic E-state index is 12.1. The highest BCUT2D eigenvalue weighted by atomic mass is 16.5. The van der Waals surface area contributed by atoms with Gasteiger partial charge in [-0.1, -0.05) is 13.8 Å². The number of hydrogen-bond donors (Lipinski definition) is 0. The van der Waals surface area contributed by atoms with E-state index in [1.54, 1.807) is 24.3 Å². The van der Waals surface area contributed by atoms with Gasteiger partial charge in [0.2, 0.25) is 0 Å². The maximum atomic E-state index is 12.1. The van der Waals surface area contributed by atoms with Crippen molar-refractivity contribution in [2.45, 2.75) is 33.1 Å².